The first-order chi connectivity index (χ1) is 13.4. The van der Waals surface area contributed by atoms with Crippen molar-refractivity contribution in [1.82, 2.24) is 10.3 Å². The average Bonchev–Trinajstić information content (AvgIpc) is 2.70. The van der Waals surface area contributed by atoms with E-state index in [-0.39, 0.29) is 11.1 Å². The Balaban J connectivity index is 2.14. The second-order valence-corrected chi connectivity index (χ2v) is 6.77. The molecule has 0 fully saturated rings. The monoisotopic (exact) mass is 402 g/mol. The van der Waals surface area contributed by atoms with E-state index in [0.29, 0.717) is 16.8 Å². The van der Waals surface area contributed by atoms with E-state index in [1.807, 2.05) is 13.0 Å². The summed E-state index contributed by atoms with van der Waals surface area (Å²) in [7, 11) is 0. The molecule has 0 bridgehead atoms. The number of aliphatic hydroxyl groups is 1. The number of hydrogen-bond acceptors (Lipinski definition) is 3. The van der Waals surface area contributed by atoms with Crippen molar-refractivity contribution in [2.24, 2.45) is 0 Å². The van der Waals surface area contributed by atoms with Gasteiger partial charge in [-0.25, -0.2) is 8.78 Å². The Labute approximate surface area is 165 Å². The van der Waals surface area contributed by atoms with Crippen LogP contribution in [0.3, 0.4) is 0 Å². The number of carbonyl (C=O) groups excluding carboxylic acids is 1. The average molecular weight is 403 g/mol. The van der Waals surface area contributed by atoms with Gasteiger partial charge in [0.2, 0.25) is 0 Å². The number of nitrogens with zero attached hydrogens (tertiary/aromatic N) is 1. The van der Waals surface area contributed by atoms with Gasteiger partial charge in [0.05, 0.1) is 12.3 Å². The number of carbonyl (C=O) groups is 1. The van der Waals surface area contributed by atoms with Crippen LogP contribution in [0.25, 0.3) is 22.4 Å². The SMILES string of the molecule is Cc1ccc(-c2cc(C(=O)N[C@@H](Cl)CO)cc(-c3cccc(F)c3F)c2)nc1. The van der Waals surface area contributed by atoms with E-state index in [4.69, 9.17) is 16.7 Å². The van der Waals surface area contributed by atoms with E-state index >= 15 is 0 Å². The van der Waals surface area contributed by atoms with Gasteiger partial charge < -0.3 is 10.4 Å². The summed E-state index contributed by atoms with van der Waals surface area (Å²) in [6.07, 6.45) is 1.67. The van der Waals surface area contributed by atoms with Gasteiger partial charge in [0.15, 0.2) is 11.6 Å². The van der Waals surface area contributed by atoms with Gasteiger partial charge in [-0.1, -0.05) is 29.8 Å². The molecule has 2 aromatic carbocycles. The molecule has 1 amide bonds. The van der Waals surface area contributed by atoms with Crippen molar-refractivity contribution in [3.05, 3.63) is 77.5 Å². The molecule has 4 nitrogen and oxygen atoms in total. The Morgan fingerprint density at radius 2 is 1.93 bits per heavy atom. The largest absolute Gasteiger partial charge is 0.393 e. The van der Waals surface area contributed by atoms with E-state index in [0.717, 1.165) is 11.6 Å². The summed E-state index contributed by atoms with van der Waals surface area (Å²) >= 11 is 5.78. The van der Waals surface area contributed by atoms with Crippen LogP contribution in [0.1, 0.15) is 15.9 Å². The molecule has 0 spiro atoms. The predicted molar refractivity (Wildman–Crippen MR) is 104 cm³/mol. The minimum Gasteiger partial charge on any atom is -0.393 e. The molecular formula is C21H17ClF2N2O2. The van der Waals surface area contributed by atoms with Crippen molar-refractivity contribution in [2.45, 2.75) is 12.4 Å². The fraction of sp³-hybridized carbons (Fsp3) is 0.143. The van der Waals surface area contributed by atoms with Crippen LogP contribution in [0.4, 0.5) is 8.78 Å². The first-order valence-corrected chi connectivity index (χ1v) is 8.91. The van der Waals surface area contributed by atoms with Gasteiger partial charge in [-0.15, -0.1) is 0 Å². The van der Waals surface area contributed by atoms with Crippen LogP contribution in [0.15, 0.2) is 54.7 Å². The maximum absolute atomic E-state index is 14.3. The summed E-state index contributed by atoms with van der Waals surface area (Å²) in [4.78, 5) is 16.8. The highest BCUT2D eigenvalue weighted by Gasteiger charge is 2.17. The summed E-state index contributed by atoms with van der Waals surface area (Å²) in [5, 5.41) is 11.5. The zero-order valence-electron chi connectivity index (χ0n) is 14.9. The van der Waals surface area contributed by atoms with Crippen molar-refractivity contribution in [2.75, 3.05) is 6.61 Å². The molecule has 0 aliphatic heterocycles. The zero-order valence-corrected chi connectivity index (χ0v) is 15.7. The molecule has 3 aromatic rings. The lowest BCUT2D eigenvalue weighted by Crippen LogP contribution is -2.33. The Hall–Kier alpha value is -2.83. The molecule has 2 N–H and O–H groups in total. The van der Waals surface area contributed by atoms with Gasteiger partial charge in [0.25, 0.3) is 5.91 Å². The van der Waals surface area contributed by atoms with E-state index in [9.17, 15) is 13.6 Å². The van der Waals surface area contributed by atoms with Crippen LogP contribution < -0.4 is 5.32 Å². The first-order valence-electron chi connectivity index (χ1n) is 8.47. The molecule has 0 aliphatic carbocycles. The second-order valence-electron chi connectivity index (χ2n) is 6.24. The number of rotatable bonds is 5. The van der Waals surface area contributed by atoms with Crippen LogP contribution >= 0.6 is 11.6 Å². The smallest absolute Gasteiger partial charge is 0.252 e. The Morgan fingerprint density at radius 1 is 1.18 bits per heavy atom. The number of amides is 1. The van der Waals surface area contributed by atoms with Gasteiger partial charge in [-0.05, 0) is 48.4 Å². The summed E-state index contributed by atoms with van der Waals surface area (Å²) in [6.45, 7) is 1.45. The topological polar surface area (TPSA) is 62.2 Å². The maximum Gasteiger partial charge on any atom is 0.252 e. The summed E-state index contributed by atoms with van der Waals surface area (Å²) < 4.78 is 28.0. The molecule has 144 valence electrons. The van der Waals surface area contributed by atoms with Crippen LogP contribution in [-0.2, 0) is 0 Å². The highest BCUT2D eigenvalue weighted by atomic mass is 35.5. The Morgan fingerprint density at radius 3 is 2.61 bits per heavy atom. The first kappa shape index (κ1) is 19.9. The lowest BCUT2D eigenvalue weighted by Gasteiger charge is -2.13. The molecule has 0 saturated carbocycles. The number of nitrogens with one attached hydrogen (secondary N) is 1. The second kappa shape index (κ2) is 8.46. The molecule has 1 aromatic heterocycles. The van der Waals surface area contributed by atoms with Crippen molar-refractivity contribution < 1.29 is 18.7 Å². The number of pyridine rings is 1. The van der Waals surface area contributed by atoms with E-state index in [1.165, 1.54) is 18.2 Å². The summed E-state index contributed by atoms with van der Waals surface area (Å²) in [6, 6.07) is 12.1. The van der Waals surface area contributed by atoms with Gasteiger partial charge in [0.1, 0.15) is 5.50 Å². The number of hydrogen-bond donors (Lipinski definition) is 2. The van der Waals surface area contributed by atoms with Crippen molar-refractivity contribution >= 4 is 17.5 Å². The molecule has 0 aliphatic rings. The fourth-order valence-electron chi connectivity index (χ4n) is 2.70. The van der Waals surface area contributed by atoms with Gasteiger partial charge in [-0.3, -0.25) is 9.78 Å². The van der Waals surface area contributed by atoms with Crippen molar-refractivity contribution in [3.8, 4) is 22.4 Å². The summed E-state index contributed by atoms with van der Waals surface area (Å²) in [5.74, 6) is -2.54. The predicted octanol–water partition coefficient (Wildman–Crippen LogP) is 4.29. The molecular weight excluding hydrogens is 386 g/mol. The number of aliphatic hydroxyl groups excluding tert-OH is 1. The third kappa shape index (κ3) is 4.35. The minimum absolute atomic E-state index is 0.0209. The molecule has 0 unspecified atom stereocenters. The van der Waals surface area contributed by atoms with E-state index < -0.39 is 29.6 Å². The normalized spacial score (nSPS) is 11.9. The number of aryl methyl sites for hydroxylation is 1. The zero-order chi connectivity index (χ0) is 20.3. The van der Waals surface area contributed by atoms with Crippen LogP contribution in [0, 0.1) is 18.6 Å². The van der Waals surface area contributed by atoms with E-state index in [1.54, 1.807) is 24.4 Å². The lowest BCUT2D eigenvalue weighted by molar-refractivity contribution is 0.0937. The van der Waals surface area contributed by atoms with Crippen LogP contribution in [0.5, 0.6) is 0 Å². The number of halogens is 3. The minimum atomic E-state index is -1.01. The van der Waals surface area contributed by atoms with Gasteiger partial charge >= 0.3 is 0 Å². The van der Waals surface area contributed by atoms with Crippen molar-refractivity contribution in [3.63, 3.8) is 0 Å². The van der Waals surface area contributed by atoms with Gasteiger partial charge in [0, 0.05) is 22.9 Å². The van der Waals surface area contributed by atoms with Crippen LogP contribution in [0.2, 0.25) is 0 Å². The van der Waals surface area contributed by atoms with E-state index in [2.05, 4.69) is 10.3 Å². The Bertz CT molecular complexity index is 1010. The van der Waals surface area contributed by atoms with Crippen LogP contribution in [-0.4, -0.2) is 28.1 Å². The highest BCUT2D eigenvalue weighted by molar-refractivity contribution is 6.22. The quantitative estimate of drug-likeness (QED) is 0.494. The standard InChI is InChI=1S/C21H17ClF2N2O2/c1-12-5-6-18(25-10-12)14-7-13(16-3-2-4-17(23)20(16)24)8-15(9-14)21(28)26-19(22)11-27/h2-10,19,27H,11H2,1H3,(H,26,28)/t19-/m1/s1. The molecule has 1 heterocycles. The Kier molecular flexibility index (Phi) is 6.02. The fourth-order valence-corrected chi connectivity index (χ4v) is 2.80. The third-order valence-corrected chi connectivity index (χ3v) is 4.36. The molecule has 1 atom stereocenters. The van der Waals surface area contributed by atoms with Gasteiger partial charge in [-0.2, -0.15) is 0 Å². The van der Waals surface area contributed by atoms with Crippen molar-refractivity contribution in [1.29, 1.82) is 0 Å². The molecule has 3 rings (SSSR count). The highest BCUT2D eigenvalue weighted by Crippen LogP contribution is 2.30. The molecule has 28 heavy (non-hydrogen) atoms. The third-order valence-electron chi connectivity index (χ3n) is 4.11. The molecule has 0 saturated heterocycles. The number of alkyl halides is 1. The number of benzene rings is 2. The lowest BCUT2D eigenvalue weighted by atomic mass is 9.97. The molecule has 7 heteroatoms. The maximum atomic E-state index is 14.3. The molecule has 0 radical (unpaired) electrons. The number of aromatic nitrogens is 1. The summed E-state index contributed by atoms with van der Waals surface area (Å²) in [5.41, 5.74) is 1.64.